The zero-order valence-electron chi connectivity index (χ0n) is 23.5. The molecule has 9 heteroatoms. The first kappa shape index (κ1) is 32.6. The summed E-state index contributed by atoms with van der Waals surface area (Å²) in [6, 6.07) is 11.7. The average molecular weight is 577 g/mol. The van der Waals surface area contributed by atoms with Crippen LogP contribution in [0.25, 0.3) is 0 Å². The molecule has 0 amide bonds. The van der Waals surface area contributed by atoms with Crippen molar-refractivity contribution in [3.05, 3.63) is 53.1 Å². The van der Waals surface area contributed by atoms with Crippen molar-refractivity contribution in [2.75, 3.05) is 32.3 Å². The smallest absolute Gasteiger partial charge is 0.306 e. The third-order valence-corrected chi connectivity index (χ3v) is 8.84. The van der Waals surface area contributed by atoms with Crippen LogP contribution in [0.2, 0.25) is 0 Å². The van der Waals surface area contributed by atoms with Crippen molar-refractivity contribution in [2.45, 2.75) is 63.0 Å². The number of phenols is 1. The molecule has 0 radical (unpaired) electrons. The van der Waals surface area contributed by atoms with Crippen LogP contribution in [0.5, 0.6) is 11.5 Å². The average Bonchev–Trinajstić information content (AvgIpc) is 2.92. The number of esters is 2. The molecule has 0 saturated heterocycles. The molecule has 0 aliphatic carbocycles. The maximum atomic E-state index is 11.9. The normalized spacial score (nSPS) is 12.4. The fraction of sp³-hybridized carbons (Fsp3) is 0.500. The molecule has 0 aromatic heterocycles. The van der Waals surface area contributed by atoms with Gasteiger partial charge < -0.3 is 19.3 Å². The van der Waals surface area contributed by atoms with E-state index in [1.54, 1.807) is 35.7 Å². The van der Waals surface area contributed by atoms with E-state index >= 15 is 0 Å². The van der Waals surface area contributed by atoms with Gasteiger partial charge >= 0.3 is 11.9 Å². The molecule has 2 atom stereocenters. The predicted molar refractivity (Wildman–Crippen MR) is 157 cm³/mol. The number of thioether (sulfide) groups is 2. The molecule has 0 aliphatic heterocycles. The van der Waals surface area contributed by atoms with Crippen molar-refractivity contribution in [3.8, 4) is 11.5 Å². The van der Waals surface area contributed by atoms with Gasteiger partial charge in [-0.05, 0) is 55.5 Å². The largest absolute Gasteiger partial charge is 0.507 e. The summed E-state index contributed by atoms with van der Waals surface area (Å²) >= 11 is 3.38. The minimum atomic E-state index is -0.248. The number of phenolic OH excluding ortho intramolecular Hbond substituents is 1. The highest BCUT2D eigenvalue weighted by atomic mass is 32.2. The van der Waals surface area contributed by atoms with Crippen molar-refractivity contribution < 1.29 is 33.7 Å². The summed E-state index contributed by atoms with van der Waals surface area (Å²) in [5.74, 6) is 1.50. The van der Waals surface area contributed by atoms with Crippen LogP contribution in [0.4, 0.5) is 0 Å². The molecule has 0 fully saturated rings. The number of ether oxygens (including phenoxy) is 3. The topological polar surface area (TPSA) is 99.1 Å². The highest BCUT2D eigenvalue weighted by Crippen LogP contribution is 2.39. The molecule has 2 unspecified atom stereocenters. The van der Waals surface area contributed by atoms with Crippen LogP contribution in [-0.2, 0) is 25.5 Å². The SMILES string of the molecule is CCCc1c(OCCCSc2ccc(C(SCCC(=O)OC)C(C)CC(=O)OC)cc2)ccc(C(C)=O)c1O. The Morgan fingerprint density at radius 2 is 1.67 bits per heavy atom. The van der Waals surface area contributed by atoms with E-state index in [1.807, 2.05) is 13.8 Å². The molecule has 214 valence electrons. The first-order valence-corrected chi connectivity index (χ1v) is 15.2. The van der Waals surface area contributed by atoms with Crippen molar-refractivity contribution in [2.24, 2.45) is 5.92 Å². The van der Waals surface area contributed by atoms with E-state index in [0.717, 1.165) is 29.1 Å². The maximum absolute atomic E-state index is 11.9. The van der Waals surface area contributed by atoms with E-state index in [2.05, 4.69) is 24.3 Å². The number of hydrogen-bond donors (Lipinski definition) is 1. The van der Waals surface area contributed by atoms with Gasteiger partial charge in [0, 0.05) is 33.6 Å². The molecule has 0 spiro atoms. The summed E-state index contributed by atoms with van der Waals surface area (Å²) in [5, 5.41) is 10.6. The standard InChI is InChI=1S/C30H40O7S2/c1-6-8-25-26(14-13-24(21(3)31)29(25)34)37-16-7-17-38-23-11-9-22(10-12-23)30(20(2)19-28(33)36-5)39-18-15-27(32)35-4/h9-14,20,30,34H,6-8,15-19H2,1-5H3. The Bertz CT molecular complexity index is 1090. The number of hydrogen-bond acceptors (Lipinski definition) is 9. The van der Waals surface area contributed by atoms with Crippen LogP contribution in [0.15, 0.2) is 41.3 Å². The van der Waals surface area contributed by atoms with Crippen LogP contribution < -0.4 is 4.74 Å². The predicted octanol–water partition coefficient (Wildman–Crippen LogP) is 6.65. The minimum absolute atomic E-state index is 0.0268. The molecular weight excluding hydrogens is 536 g/mol. The monoisotopic (exact) mass is 576 g/mol. The summed E-state index contributed by atoms with van der Waals surface area (Å²) < 4.78 is 15.6. The number of methoxy groups -OCH3 is 2. The Kier molecular flexibility index (Phi) is 14.3. The lowest BCUT2D eigenvalue weighted by Crippen LogP contribution is -2.14. The zero-order valence-corrected chi connectivity index (χ0v) is 25.1. The van der Waals surface area contributed by atoms with Gasteiger partial charge in [-0.2, -0.15) is 11.8 Å². The third kappa shape index (κ3) is 10.4. The molecule has 0 bridgehead atoms. The second kappa shape index (κ2) is 17.1. The second-order valence-corrected chi connectivity index (χ2v) is 11.7. The molecule has 0 aliphatic rings. The van der Waals surface area contributed by atoms with Gasteiger partial charge in [0.05, 0.1) is 32.8 Å². The van der Waals surface area contributed by atoms with E-state index in [4.69, 9.17) is 14.2 Å². The fourth-order valence-corrected chi connectivity index (χ4v) is 6.27. The van der Waals surface area contributed by atoms with E-state index < -0.39 is 0 Å². The van der Waals surface area contributed by atoms with Gasteiger partial charge in [0.1, 0.15) is 11.5 Å². The number of Topliss-reactive ketones (excluding diaryl/α,β-unsaturated/α-hetero) is 1. The lowest BCUT2D eigenvalue weighted by Gasteiger charge is -2.23. The quantitative estimate of drug-likeness (QED) is 0.0961. The second-order valence-electron chi connectivity index (χ2n) is 9.24. The van der Waals surface area contributed by atoms with Gasteiger partial charge in [-0.1, -0.05) is 32.4 Å². The van der Waals surface area contributed by atoms with Gasteiger partial charge in [0.25, 0.3) is 0 Å². The number of carbonyl (C=O) groups excluding carboxylic acids is 3. The van der Waals surface area contributed by atoms with E-state index in [-0.39, 0.29) is 34.6 Å². The lowest BCUT2D eigenvalue weighted by molar-refractivity contribution is -0.142. The maximum Gasteiger partial charge on any atom is 0.306 e. The molecule has 2 aromatic carbocycles. The molecule has 2 rings (SSSR count). The number of benzene rings is 2. The molecule has 2 aromatic rings. The first-order valence-electron chi connectivity index (χ1n) is 13.2. The number of aromatic hydroxyl groups is 1. The number of rotatable bonds is 17. The summed E-state index contributed by atoms with van der Waals surface area (Å²) in [5.41, 5.74) is 2.12. The highest BCUT2D eigenvalue weighted by molar-refractivity contribution is 7.99. The molecule has 7 nitrogen and oxygen atoms in total. The fourth-order valence-electron chi connectivity index (χ4n) is 4.13. The first-order chi connectivity index (χ1) is 18.7. The van der Waals surface area contributed by atoms with Crippen molar-refractivity contribution >= 4 is 41.2 Å². The number of ketones is 1. The van der Waals surface area contributed by atoms with Gasteiger partial charge in [-0.25, -0.2) is 0 Å². The zero-order chi connectivity index (χ0) is 28.8. The van der Waals surface area contributed by atoms with Gasteiger partial charge in [0.2, 0.25) is 0 Å². The van der Waals surface area contributed by atoms with Gasteiger partial charge in [-0.15, -0.1) is 11.8 Å². The van der Waals surface area contributed by atoms with Crippen LogP contribution in [0, 0.1) is 5.92 Å². The summed E-state index contributed by atoms with van der Waals surface area (Å²) in [7, 11) is 2.78. The molecule has 0 heterocycles. The van der Waals surface area contributed by atoms with Crippen molar-refractivity contribution in [3.63, 3.8) is 0 Å². The van der Waals surface area contributed by atoms with Crippen LogP contribution in [0.1, 0.15) is 73.2 Å². The Morgan fingerprint density at radius 1 is 0.974 bits per heavy atom. The Labute approximate surface area is 240 Å². The van der Waals surface area contributed by atoms with Crippen molar-refractivity contribution in [1.82, 2.24) is 0 Å². The molecule has 39 heavy (non-hydrogen) atoms. The molecular formula is C30H40O7S2. The molecule has 1 N–H and O–H groups in total. The Balaban J connectivity index is 1.93. The Morgan fingerprint density at radius 3 is 2.28 bits per heavy atom. The van der Waals surface area contributed by atoms with Gasteiger partial charge in [0.15, 0.2) is 5.78 Å². The van der Waals surface area contributed by atoms with Crippen LogP contribution >= 0.6 is 23.5 Å². The molecule has 0 saturated carbocycles. The highest BCUT2D eigenvalue weighted by Gasteiger charge is 2.23. The summed E-state index contributed by atoms with van der Waals surface area (Å²) in [6.45, 7) is 6.00. The summed E-state index contributed by atoms with van der Waals surface area (Å²) in [6.07, 6.45) is 2.92. The lowest BCUT2D eigenvalue weighted by atomic mass is 9.97. The third-order valence-electron chi connectivity index (χ3n) is 6.21. The van der Waals surface area contributed by atoms with Gasteiger partial charge in [-0.3, -0.25) is 14.4 Å². The number of carbonyl (C=O) groups is 3. The minimum Gasteiger partial charge on any atom is -0.507 e. The summed E-state index contributed by atoms with van der Waals surface area (Å²) in [4.78, 5) is 36.3. The van der Waals surface area contributed by atoms with Crippen LogP contribution in [-0.4, -0.2) is 55.2 Å². The Hall–Kier alpha value is -2.65. The van der Waals surface area contributed by atoms with Crippen LogP contribution in [0.3, 0.4) is 0 Å². The van der Waals surface area contributed by atoms with E-state index in [9.17, 15) is 19.5 Å². The van der Waals surface area contributed by atoms with E-state index in [1.165, 1.54) is 21.1 Å². The van der Waals surface area contributed by atoms with E-state index in [0.29, 0.717) is 48.5 Å². The van der Waals surface area contributed by atoms with Crippen molar-refractivity contribution in [1.29, 1.82) is 0 Å².